The van der Waals surface area contributed by atoms with E-state index in [1.165, 1.54) is 12.8 Å². The Morgan fingerprint density at radius 1 is 1.44 bits per heavy atom. The Hall–Kier alpha value is -0.610. The van der Waals surface area contributed by atoms with Crippen molar-refractivity contribution in [2.75, 3.05) is 13.1 Å². The minimum atomic E-state index is -0.237. The zero-order valence-electron chi connectivity index (χ0n) is 10.1. The van der Waals surface area contributed by atoms with Crippen molar-refractivity contribution < 1.29 is 9.90 Å². The summed E-state index contributed by atoms with van der Waals surface area (Å²) < 4.78 is 0. The van der Waals surface area contributed by atoms with E-state index in [2.05, 4.69) is 10.6 Å². The molecule has 0 spiro atoms. The Morgan fingerprint density at radius 3 is 2.62 bits per heavy atom. The molecule has 4 nitrogen and oxygen atoms in total. The molecule has 2 fully saturated rings. The van der Waals surface area contributed by atoms with Crippen LogP contribution in [0, 0.1) is 11.3 Å². The fourth-order valence-corrected chi connectivity index (χ4v) is 2.11. The van der Waals surface area contributed by atoms with Crippen molar-refractivity contribution in [2.45, 2.75) is 45.3 Å². The topological polar surface area (TPSA) is 61.4 Å². The number of nitrogens with one attached hydrogen (secondary N) is 2. The smallest absolute Gasteiger partial charge is 0.233 e. The minimum absolute atomic E-state index is 0.0732. The van der Waals surface area contributed by atoms with E-state index in [1.54, 1.807) is 0 Å². The van der Waals surface area contributed by atoms with E-state index < -0.39 is 0 Å². The first-order valence-corrected chi connectivity index (χ1v) is 6.18. The van der Waals surface area contributed by atoms with Gasteiger partial charge in [0.2, 0.25) is 5.91 Å². The minimum Gasteiger partial charge on any atom is -0.392 e. The van der Waals surface area contributed by atoms with Gasteiger partial charge in [-0.15, -0.1) is 0 Å². The first kappa shape index (κ1) is 11.9. The van der Waals surface area contributed by atoms with Crippen molar-refractivity contribution in [2.24, 2.45) is 11.3 Å². The number of amides is 1. The van der Waals surface area contributed by atoms with Gasteiger partial charge < -0.3 is 15.7 Å². The molecule has 0 aromatic heterocycles. The van der Waals surface area contributed by atoms with Gasteiger partial charge in [0.25, 0.3) is 0 Å². The molecule has 2 aliphatic rings. The molecule has 0 aliphatic heterocycles. The van der Waals surface area contributed by atoms with Gasteiger partial charge in [0.1, 0.15) is 0 Å². The standard InChI is InChI=1S/C12H22N2O2/c1-12(2)9(5-10(12)15)13-7-11(16)14-6-8-3-4-8/h8-10,13,15H,3-7H2,1-2H3,(H,14,16). The van der Waals surface area contributed by atoms with Crippen LogP contribution in [0.5, 0.6) is 0 Å². The van der Waals surface area contributed by atoms with Gasteiger partial charge in [0.15, 0.2) is 0 Å². The summed E-state index contributed by atoms with van der Waals surface area (Å²) in [5.41, 5.74) is -0.100. The van der Waals surface area contributed by atoms with Crippen LogP contribution in [0.2, 0.25) is 0 Å². The first-order valence-electron chi connectivity index (χ1n) is 6.18. The van der Waals surface area contributed by atoms with Crippen molar-refractivity contribution in [1.82, 2.24) is 10.6 Å². The van der Waals surface area contributed by atoms with Crippen LogP contribution in [0.25, 0.3) is 0 Å². The summed E-state index contributed by atoms with van der Waals surface area (Å²) in [7, 11) is 0. The Labute approximate surface area is 96.8 Å². The van der Waals surface area contributed by atoms with Crippen LogP contribution in [0.15, 0.2) is 0 Å². The second-order valence-electron chi connectivity index (χ2n) is 5.75. The normalized spacial score (nSPS) is 31.9. The van der Waals surface area contributed by atoms with E-state index in [0.29, 0.717) is 6.54 Å². The molecule has 3 N–H and O–H groups in total. The lowest BCUT2D eigenvalue weighted by atomic mass is 9.64. The third kappa shape index (κ3) is 2.55. The Morgan fingerprint density at radius 2 is 2.12 bits per heavy atom. The second kappa shape index (κ2) is 4.34. The molecule has 2 saturated carbocycles. The molecule has 92 valence electrons. The summed E-state index contributed by atoms with van der Waals surface area (Å²) in [6, 6.07) is 0.258. The van der Waals surface area contributed by atoms with Crippen LogP contribution in [-0.2, 0) is 4.79 Å². The summed E-state index contributed by atoms with van der Waals surface area (Å²) in [4.78, 5) is 11.5. The summed E-state index contributed by atoms with van der Waals surface area (Å²) in [6.07, 6.45) is 3.04. The molecule has 0 aromatic rings. The quantitative estimate of drug-likeness (QED) is 0.630. The number of hydrogen-bond acceptors (Lipinski definition) is 3. The predicted octanol–water partition coefficient (Wildman–Crippen LogP) is 0.262. The van der Waals surface area contributed by atoms with Crippen molar-refractivity contribution >= 4 is 5.91 Å². The van der Waals surface area contributed by atoms with Crippen LogP contribution >= 0.6 is 0 Å². The Kier molecular flexibility index (Phi) is 3.22. The molecule has 0 radical (unpaired) electrons. The molecule has 16 heavy (non-hydrogen) atoms. The molecule has 2 atom stereocenters. The molecular weight excluding hydrogens is 204 g/mol. The van der Waals surface area contributed by atoms with E-state index in [4.69, 9.17) is 0 Å². The van der Waals surface area contributed by atoms with E-state index in [-0.39, 0.29) is 23.5 Å². The van der Waals surface area contributed by atoms with E-state index in [0.717, 1.165) is 18.9 Å². The average molecular weight is 226 g/mol. The monoisotopic (exact) mass is 226 g/mol. The van der Waals surface area contributed by atoms with Gasteiger partial charge in [0.05, 0.1) is 12.6 Å². The van der Waals surface area contributed by atoms with Gasteiger partial charge in [-0.2, -0.15) is 0 Å². The second-order valence-corrected chi connectivity index (χ2v) is 5.75. The predicted molar refractivity (Wildman–Crippen MR) is 61.9 cm³/mol. The Balaban J connectivity index is 1.61. The molecule has 0 bridgehead atoms. The molecule has 2 rings (SSSR count). The van der Waals surface area contributed by atoms with Crippen LogP contribution in [-0.4, -0.2) is 36.2 Å². The molecule has 0 aromatic carbocycles. The summed E-state index contributed by atoms with van der Waals surface area (Å²) in [5, 5.41) is 15.7. The van der Waals surface area contributed by atoms with Crippen molar-refractivity contribution in [3.05, 3.63) is 0 Å². The maximum absolute atomic E-state index is 11.5. The first-order chi connectivity index (χ1) is 7.50. The molecule has 4 heteroatoms. The number of rotatable bonds is 5. The summed E-state index contributed by atoms with van der Waals surface area (Å²) in [6.45, 7) is 5.26. The lowest BCUT2D eigenvalue weighted by molar-refractivity contribution is -0.122. The molecular formula is C12H22N2O2. The SMILES string of the molecule is CC1(C)C(O)CC1NCC(=O)NCC1CC1. The highest BCUT2D eigenvalue weighted by molar-refractivity contribution is 5.78. The highest BCUT2D eigenvalue weighted by Gasteiger charge is 2.46. The van der Waals surface area contributed by atoms with E-state index in [1.807, 2.05) is 13.8 Å². The van der Waals surface area contributed by atoms with Gasteiger partial charge >= 0.3 is 0 Å². The van der Waals surface area contributed by atoms with Gasteiger partial charge in [-0.3, -0.25) is 4.79 Å². The van der Waals surface area contributed by atoms with Gasteiger partial charge in [-0.1, -0.05) is 13.8 Å². The number of hydrogen-bond donors (Lipinski definition) is 3. The van der Waals surface area contributed by atoms with Crippen LogP contribution in [0.3, 0.4) is 0 Å². The number of carbonyl (C=O) groups is 1. The van der Waals surface area contributed by atoms with Gasteiger partial charge in [-0.05, 0) is 25.2 Å². The Bertz CT molecular complexity index is 274. The van der Waals surface area contributed by atoms with E-state index in [9.17, 15) is 9.90 Å². The maximum Gasteiger partial charge on any atom is 0.233 e. The van der Waals surface area contributed by atoms with Crippen molar-refractivity contribution in [3.8, 4) is 0 Å². The fraction of sp³-hybridized carbons (Fsp3) is 0.917. The zero-order chi connectivity index (χ0) is 11.8. The van der Waals surface area contributed by atoms with Gasteiger partial charge in [-0.25, -0.2) is 0 Å². The summed E-state index contributed by atoms with van der Waals surface area (Å²) >= 11 is 0. The van der Waals surface area contributed by atoms with Crippen LogP contribution in [0.1, 0.15) is 33.1 Å². The lowest BCUT2D eigenvalue weighted by Crippen LogP contribution is -2.61. The lowest BCUT2D eigenvalue weighted by Gasteiger charge is -2.49. The average Bonchev–Trinajstić information content (AvgIpc) is 3.04. The van der Waals surface area contributed by atoms with Gasteiger partial charge in [0, 0.05) is 18.0 Å². The largest absolute Gasteiger partial charge is 0.392 e. The molecule has 0 heterocycles. The number of aliphatic hydroxyl groups is 1. The van der Waals surface area contributed by atoms with Crippen molar-refractivity contribution in [1.29, 1.82) is 0 Å². The van der Waals surface area contributed by atoms with E-state index >= 15 is 0 Å². The maximum atomic E-state index is 11.5. The zero-order valence-corrected chi connectivity index (χ0v) is 10.1. The molecule has 2 aliphatic carbocycles. The molecule has 0 saturated heterocycles. The highest BCUT2D eigenvalue weighted by atomic mass is 16.3. The fourth-order valence-electron chi connectivity index (χ4n) is 2.11. The molecule has 1 amide bonds. The third-order valence-corrected chi connectivity index (χ3v) is 4.01. The third-order valence-electron chi connectivity index (χ3n) is 4.01. The highest BCUT2D eigenvalue weighted by Crippen LogP contribution is 2.40. The number of aliphatic hydroxyl groups excluding tert-OH is 1. The molecule has 2 unspecified atom stereocenters. The van der Waals surface area contributed by atoms with Crippen LogP contribution in [0.4, 0.5) is 0 Å². The summed E-state index contributed by atoms with van der Waals surface area (Å²) in [5.74, 6) is 0.801. The van der Waals surface area contributed by atoms with Crippen molar-refractivity contribution in [3.63, 3.8) is 0 Å². The number of carbonyl (C=O) groups excluding carboxylic acids is 1. The van der Waals surface area contributed by atoms with Crippen LogP contribution < -0.4 is 10.6 Å².